The van der Waals surface area contributed by atoms with E-state index in [4.69, 9.17) is 9.47 Å². The first kappa shape index (κ1) is 20.4. The number of aliphatic hydroxyl groups is 1. The Morgan fingerprint density at radius 3 is 2.43 bits per heavy atom. The molecule has 1 saturated carbocycles. The molecule has 0 bridgehead atoms. The maximum absolute atomic E-state index is 10.5. The molecular formula is C17H32AcO3. The third-order valence-corrected chi connectivity index (χ3v) is 5.28. The summed E-state index contributed by atoms with van der Waals surface area (Å²) in [5, 5.41) is 10.5. The largest absolute Gasteiger partial charge is 0.393 e. The Labute approximate surface area is 166 Å². The number of hydrogen-bond acceptors (Lipinski definition) is 3. The van der Waals surface area contributed by atoms with Crippen molar-refractivity contribution in [3.05, 3.63) is 0 Å². The van der Waals surface area contributed by atoms with E-state index < -0.39 is 0 Å². The molecule has 4 atom stereocenters. The van der Waals surface area contributed by atoms with Crippen LogP contribution in [0.1, 0.15) is 65.2 Å². The van der Waals surface area contributed by atoms with Crippen molar-refractivity contribution in [3.8, 4) is 0 Å². The summed E-state index contributed by atoms with van der Waals surface area (Å²) >= 11 is 0. The molecule has 4 unspecified atom stereocenters. The van der Waals surface area contributed by atoms with Gasteiger partial charge in [0, 0.05) is 44.1 Å². The molecule has 121 valence electrons. The maximum Gasteiger partial charge on any atom is 0.157 e. The minimum atomic E-state index is -0.125. The van der Waals surface area contributed by atoms with Gasteiger partial charge in [0.15, 0.2) is 6.29 Å². The molecule has 1 N–H and O–H groups in total. The van der Waals surface area contributed by atoms with E-state index in [1.165, 1.54) is 25.7 Å². The average molecular weight is 511 g/mol. The van der Waals surface area contributed by atoms with Crippen molar-refractivity contribution in [3.63, 3.8) is 0 Å². The molecule has 2 aliphatic rings. The third-order valence-electron chi connectivity index (χ3n) is 5.28. The minimum absolute atomic E-state index is 0. The average Bonchev–Trinajstić information content (AvgIpc) is 2.91. The van der Waals surface area contributed by atoms with Gasteiger partial charge < -0.3 is 14.6 Å². The fourth-order valence-corrected chi connectivity index (χ4v) is 3.96. The molecule has 1 aliphatic carbocycles. The topological polar surface area (TPSA) is 38.7 Å². The second-order valence-electron chi connectivity index (χ2n) is 6.60. The third kappa shape index (κ3) is 6.38. The van der Waals surface area contributed by atoms with Gasteiger partial charge in [-0.3, -0.25) is 0 Å². The van der Waals surface area contributed by atoms with Gasteiger partial charge in [-0.25, -0.2) is 0 Å². The summed E-state index contributed by atoms with van der Waals surface area (Å²) in [5.74, 6) is 2.10. The second kappa shape index (κ2) is 11.0. The SMILES string of the molecule is CCC1CC(CC)C(C(O)CCCC2OCCCO2)C1.[Ac]. The van der Waals surface area contributed by atoms with E-state index in [0.717, 1.165) is 50.7 Å². The van der Waals surface area contributed by atoms with E-state index >= 15 is 0 Å². The smallest absolute Gasteiger partial charge is 0.157 e. The van der Waals surface area contributed by atoms with Crippen LogP contribution < -0.4 is 0 Å². The Morgan fingerprint density at radius 1 is 1.10 bits per heavy atom. The van der Waals surface area contributed by atoms with Gasteiger partial charge in [0.25, 0.3) is 0 Å². The normalized spacial score (nSPS) is 31.9. The summed E-state index contributed by atoms with van der Waals surface area (Å²) in [6.45, 7) is 6.20. The number of rotatable bonds is 7. The Hall–Kier alpha value is 1.32. The molecular weight excluding hydrogens is 479 g/mol. The van der Waals surface area contributed by atoms with Crippen molar-refractivity contribution >= 4 is 0 Å². The molecule has 1 saturated heterocycles. The molecule has 0 spiro atoms. The fourth-order valence-electron chi connectivity index (χ4n) is 3.96. The second-order valence-corrected chi connectivity index (χ2v) is 6.60. The summed E-state index contributed by atoms with van der Waals surface area (Å²) in [6.07, 6.45) is 8.74. The van der Waals surface area contributed by atoms with Crippen molar-refractivity contribution < 1.29 is 58.6 Å². The Kier molecular flexibility index (Phi) is 10.6. The zero-order chi connectivity index (χ0) is 14.4. The van der Waals surface area contributed by atoms with Crippen LogP contribution in [0.5, 0.6) is 0 Å². The molecule has 2 fully saturated rings. The van der Waals surface area contributed by atoms with E-state index in [2.05, 4.69) is 13.8 Å². The number of ether oxygens (including phenoxy) is 2. The van der Waals surface area contributed by atoms with Crippen LogP contribution in [0.2, 0.25) is 0 Å². The number of aliphatic hydroxyl groups excluding tert-OH is 1. The molecule has 2 rings (SSSR count). The van der Waals surface area contributed by atoms with Crippen LogP contribution in [0.15, 0.2) is 0 Å². The van der Waals surface area contributed by atoms with Crippen LogP contribution in [0.3, 0.4) is 0 Å². The van der Waals surface area contributed by atoms with E-state index in [0.29, 0.717) is 5.92 Å². The molecule has 1 aliphatic heterocycles. The van der Waals surface area contributed by atoms with Gasteiger partial charge in [0.2, 0.25) is 0 Å². The van der Waals surface area contributed by atoms with Crippen molar-refractivity contribution in [2.45, 2.75) is 77.6 Å². The molecule has 21 heavy (non-hydrogen) atoms. The van der Waals surface area contributed by atoms with Crippen molar-refractivity contribution in [1.82, 2.24) is 0 Å². The van der Waals surface area contributed by atoms with Gasteiger partial charge >= 0.3 is 0 Å². The Morgan fingerprint density at radius 2 is 1.81 bits per heavy atom. The minimum Gasteiger partial charge on any atom is -0.393 e. The van der Waals surface area contributed by atoms with E-state index in [1.54, 1.807) is 0 Å². The Balaban J connectivity index is 0.00000220. The van der Waals surface area contributed by atoms with Gasteiger partial charge in [-0.2, -0.15) is 0 Å². The van der Waals surface area contributed by atoms with Gasteiger partial charge in [-0.15, -0.1) is 0 Å². The van der Waals surface area contributed by atoms with Gasteiger partial charge in [0.05, 0.1) is 19.3 Å². The first-order valence-electron chi connectivity index (χ1n) is 8.65. The molecule has 1 heterocycles. The van der Waals surface area contributed by atoms with Gasteiger partial charge in [-0.05, 0) is 56.3 Å². The summed E-state index contributed by atoms with van der Waals surface area (Å²) < 4.78 is 11.1. The van der Waals surface area contributed by atoms with Crippen LogP contribution in [-0.4, -0.2) is 30.7 Å². The summed E-state index contributed by atoms with van der Waals surface area (Å²) in [4.78, 5) is 0. The van der Waals surface area contributed by atoms with Gasteiger partial charge in [-0.1, -0.05) is 26.7 Å². The predicted molar refractivity (Wildman–Crippen MR) is 80.5 cm³/mol. The summed E-state index contributed by atoms with van der Waals surface area (Å²) in [6, 6.07) is 0. The molecule has 0 aromatic heterocycles. The quantitative estimate of drug-likeness (QED) is 0.566. The van der Waals surface area contributed by atoms with Crippen LogP contribution in [0.4, 0.5) is 0 Å². The van der Waals surface area contributed by atoms with Crippen LogP contribution in [-0.2, 0) is 9.47 Å². The monoisotopic (exact) mass is 511 g/mol. The van der Waals surface area contributed by atoms with Crippen LogP contribution in [0.25, 0.3) is 0 Å². The Bertz CT molecular complexity index is 269. The molecule has 0 aromatic rings. The van der Waals surface area contributed by atoms with Crippen LogP contribution >= 0.6 is 0 Å². The van der Waals surface area contributed by atoms with Crippen LogP contribution in [0, 0.1) is 61.8 Å². The molecule has 0 aromatic carbocycles. The first-order chi connectivity index (χ1) is 9.74. The molecule has 0 amide bonds. The van der Waals surface area contributed by atoms with E-state index in [-0.39, 0.29) is 56.5 Å². The summed E-state index contributed by atoms with van der Waals surface area (Å²) in [5.41, 5.74) is 0. The zero-order valence-electron chi connectivity index (χ0n) is 13.8. The van der Waals surface area contributed by atoms with E-state index in [9.17, 15) is 5.11 Å². The van der Waals surface area contributed by atoms with Crippen molar-refractivity contribution in [2.75, 3.05) is 13.2 Å². The van der Waals surface area contributed by atoms with Gasteiger partial charge in [0.1, 0.15) is 0 Å². The van der Waals surface area contributed by atoms with E-state index in [1.807, 2.05) is 0 Å². The molecule has 1 radical (unpaired) electrons. The first-order valence-corrected chi connectivity index (χ1v) is 8.65. The number of hydrogen-bond donors (Lipinski definition) is 1. The van der Waals surface area contributed by atoms with Crippen molar-refractivity contribution in [2.24, 2.45) is 17.8 Å². The standard InChI is InChI=1S/C17H32O3.Ac/c1-3-13-11-14(4-2)15(12-13)16(18)7-5-8-17-19-9-6-10-20-17;/h13-18H,3-12H2,1-2H3;. The zero-order valence-corrected chi connectivity index (χ0v) is 18.5. The maximum atomic E-state index is 10.5. The molecule has 4 heteroatoms. The van der Waals surface area contributed by atoms with Crippen molar-refractivity contribution in [1.29, 1.82) is 0 Å². The molecule has 3 nitrogen and oxygen atoms in total. The predicted octanol–water partition coefficient (Wildman–Crippen LogP) is 3.74. The fraction of sp³-hybridized carbons (Fsp3) is 1.00. The summed E-state index contributed by atoms with van der Waals surface area (Å²) in [7, 11) is 0.